The van der Waals surface area contributed by atoms with E-state index in [-0.39, 0.29) is 18.0 Å². The van der Waals surface area contributed by atoms with E-state index in [0.717, 1.165) is 24.1 Å². The van der Waals surface area contributed by atoms with E-state index in [1.54, 1.807) is 11.8 Å². The van der Waals surface area contributed by atoms with Crippen molar-refractivity contribution in [3.05, 3.63) is 29.8 Å². The van der Waals surface area contributed by atoms with E-state index in [4.69, 9.17) is 0 Å². The Morgan fingerprint density at radius 1 is 1.28 bits per heavy atom. The topological polar surface area (TPSA) is 64.7 Å². The first-order chi connectivity index (χ1) is 11.9. The second-order valence-electron chi connectivity index (χ2n) is 7.01. The highest BCUT2D eigenvalue weighted by molar-refractivity contribution is 5.75. The van der Waals surface area contributed by atoms with Gasteiger partial charge in [-0.3, -0.25) is 4.79 Å². The van der Waals surface area contributed by atoms with Gasteiger partial charge in [0, 0.05) is 51.4 Å². The average molecular weight is 346 g/mol. The molecule has 3 amide bonds. The fourth-order valence-corrected chi connectivity index (χ4v) is 3.11. The summed E-state index contributed by atoms with van der Waals surface area (Å²) < 4.78 is 0. The fourth-order valence-electron chi connectivity index (χ4n) is 3.11. The largest absolute Gasteiger partial charge is 0.383 e. The molecule has 25 heavy (non-hydrogen) atoms. The molecule has 0 atom stereocenters. The molecule has 1 saturated heterocycles. The molecule has 0 aliphatic carbocycles. The number of piperidine rings is 1. The van der Waals surface area contributed by atoms with Crippen LogP contribution in [0.4, 0.5) is 10.5 Å². The van der Waals surface area contributed by atoms with Gasteiger partial charge in [0.15, 0.2) is 0 Å². The van der Waals surface area contributed by atoms with Crippen molar-refractivity contribution in [2.24, 2.45) is 0 Å². The number of carbonyl (C=O) groups is 2. The van der Waals surface area contributed by atoms with Gasteiger partial charge < -0.3 is 20.4 Å². The minimum absolute atomic E-state index is 0.0360. The van der Waals surface area contributed by atoms with Crippen LogP contribution in [0.1, 0.15) is 39.2 Å². The van der Waals surface area contributed by atoms with Crippen LogP contribution in [0.3, 0.4) is 0 Å². The average Bonchev–Trinajstić information content (AvgIpc) is 2.59. The zero-order chi connectivity index (χ0) is 18.4. The van der Waals surface area contributed by atoms with Gasteiger partial charge in [0.1, 0.15) is 0 Å². The molecular weight excluding hydrogens is 316 g/mol. The zero-order valence-corrected chi connectivity index (χ0v) is 15.7. The molecule has 0 unspecified atom stereocenters. The number of hydrogen-bond acceptors (Lipinski definition) is 3. The molecule has 1 aromatic carbocycles. The van der Waals surface area contributed by atoms with Crippen molar-refractivity contribution in [3.8, 4) is 0 Å². The van der Waals surface area contributed by atoms with Crippen molar-refractivity contribution in [3.63, 3.8) is 0 Å². The molecule has 1 fully saturated rings. The van der Waals surface area contributed by atoms with Crippen LogP contribution in [0.25, 0.3) is 0 Å². The lowest BCUT2D eigenvalue weighted by molar-refractivity contribution is -0.130. The predicted octanol–water partition coefficient (Wildman–Crippen LogP) is 2.66. The van der Waals surface area contributed by atoms with Crippen LogP contribution in [0.5, 0.6) is 0 Å². The molecule has 0 aromatic heterocycles. The summed E-state index contributed by atoms with van der Waals surface area (Å²) in [7, 11) is 1.83. The van der Waals surface area contributed by atoms with Crippen LogP contribution in [0, 0.1) is 0 Å². The summed E-state index contributed by atoms with van der Waals surface area (Å²) in [4.78, 5) is 27.4. The molecule has 6 heteroatoms. The third kappa shape index (κ3) is 5.66. The molecule has 0 saturated carbocycles. The lowest BCUT2D eigenvalue weighted by Gasteiger charge is -2.36. The lowest BCUT2D eigenvalue weighted by Crippen LogP contribution is -2.49. The molecule has 0 radical (unpaired) electrons. The fraction of sp³-hybridized carbons (Fsp3) is 0.579. The molecule has 0 spiro atoms. The summed E-state index contributed by atoms with van der Waals surface area (Å²) in [5.41, 5.74) is 2.14. The molecular formula is C19H30N4O2. The van der Waals surface area contributed by atoms with Gasteiger partial charge in [0.05, 0.1) is 0 Å². The number of nitrogens with zero attached hydrogens (tertiary/aromatic N) is 2. The number of hydrogen-bond donors (Lipinski definition) is 2. The maximum absolute atomic E-state index is 12.4. The Bertz CT molecular complexity index is 595. The smallest absolute Gasteiger partial charge is 0.317 e. The van der Waals surface area contributed by atoms with E-state index in [1.165, 1.54) is 0 Å². The molecule has 6 nitrogen and oxygen atoms in total. The molecule has 2 rings (SSSR count). The standard InChI is InChI=1S/C19H30N4O2/c1-14(2)21-17-7-5-6-16(12-17)13-20-19(25)23-10-8-18(9-11-23)22(4)15(3)24/h5-7,12,14,18,21H,8-11,13H2,1-4H3,(H,20,25). The van der Waals surface area contributed by atoms with Gasteiger partial charge in [-0.1, -0.05) is 12.1 Å². The lowest BCUT2D eigenvalue weighted by atomic mass is 10.0. The van der Waals surface area contributed by atoms with Gasteiger partial charge in [-0.05, 0) is 44.4 Å². The number of anilines is 1. The first-order valence-electron chi connectivity index (χ1n) is 8.98. The third-order valence-corrected chi connectivity index (χ3v) is 4.62. The second kappa shape index (κ2) is 8.74. The van der Waals surface area contributed by atoms with E-state index < -0.39 is 0 Å². The molecule has 138 valence electrons. The quantitative estimate of drug-likeness (QED) is 0.861. The summed E-state index contributed by atoms with van der Waals surface area (Å²) in [6.45, 7) is 7.66. The van der Waals surface area contributed by atoms with E-state index in [1.807, 2.05) is 30.1 Å². The van der Waals surface area contributed by atoms with Crippen molar-refractivity contribution in [2.45, 2.75) is 52.2 Å². The first kappa shape index (κ1) is 19.1. The minimum atomic E-state index is -0.0360. The van der Waals surface area contributed by atoms with E-state index in [9.17, 15) is 9.59 Å². The minimum Gasteiger partial charge on any atom is -0.383 e. The summed E-state index contributed by atoms with van der Waals surface area (Å²) in [5.74, 6) is 0.0813. The Labute approximate surface area is 150 Å². The summed E-state index contributed by atoms with van der Waals surface area (Å²) in [6, 6.07) is 8.68. The van der Waals surface area contributed by atoms with Gasteiger partial charge in [-0.25, -0.2) is 4.79 Å². The Hall–Kier alpha value is -2.24. The van der Waals surface area contributed by atoms with Crippen LogP contribution in [-0.2, 0) is 11.3 Å². The number of carbonyl (C=O) groups excluding carboxylic acids is 2. The maximum Gasteiger partial charge on any atom is 0.317 e. The number of nitrogens with one attached hydrogen (secondary N) is 2. The predicted molar refractivity (Wildman–Crippen MR) is 100 cm³/mol. The van der Waals surface area contributed by atoms with Crippen LogP contribution < -0.4 is 10.6 Å². The monoisotopic (exact) mass is 346 g/mol. The van der Waals surface area contributed by atoms with Gasteiger partial charge in [0.2, 0.25) is 5.91 Å². The number of rotatable bonds is 5. The molecule has 1 heterocycles. The van der Waals surface area contributed by atoms with E-state index in [2.05, 4.69) is 30.5 Å². The molecule has 0 bridgehead atoms. The first-order valence-corrected chi connectivity index (χ1v) is 8.98. The number of benzene rings is 1. The second-order valence-corrected chi connectivity index (χ2v) is 7.01. The number of amides is 3. The van der Waals surface area contributed by atoms with E-state index in [0.29, 0.717) is 25.7 Å². The Morgan fingerprint density at radius 3 is 2.56 bits per heavy atom. The third-order valence-electron chi connectivity index (χ3n) is 4.62. The molecule has 1 aliphatic heterocycles. The highest BCUT2D eigenvalue weighted by Crippen LogP contribution is 2.16. The van der Waals surface area contributed by atoms with Gasteiger partial charge in [0.25, 0.3) is 0 Å². The van der Waals surface area contributed by atoms with Crippen LogP contribution in [-0.4, -0.2) is 54.0 Å². The zero-order valence-electron chi connectivity index (χ0n) is 15.7. The summed E-state index contributed by atoms with van der Waals surface area (Å²) >= 11 is 0. The highest BCUT2D eigenvalue weighted by atomic mass is 16.2. The normalized spacial score (nSPS) is 15.2. The van der Waals surface area contributed by atoms with Crippen LogP contribution in [0.2, 0.25) is 0 Å². The summed E-state index contributed by atoms with van der Waals surface area (Å²) in [5, 5.41) is 6.36. The highest BCUT2D eigenvalue weighted by Gasteiger charge is 2.26. The molecule has 2 N–H and O–H groups in total. The molecule has 1 aromatic rings. The van der Waals surface area contributed by atoms with E-state index >= 15 is 0 Å². The van der Waals surface area contributed by atoms with Crippen molar-refractivity contribution in [2.75, 3.05) is 25.5 Å². The van der Waals surface area contributed by atoms with Gasteiger partial charge in [-0.15, -0.1) is 0 Å². The SMILES string of the molecule is CC(=O)N(C)C1CCN(C(=O)NCc2cccc(NC(C)C)c2)CC1. The Balaban J connectivity index is 1.80. The van der Waals surface area contributed by atoms with Crippen molar-refractivity contribution >= 4 is 17.6 Å². The maximum atomic E-state index is 12.4. The summed E-state index contributed by atoms with van der Waals surface area (Å²) in [6.07, 6.45) is 1.66. The van der Waals surface area contributed by atoms with Crippen molar-refractivity contribution < 1.29 is 9.59 Å². The van der Waals surface area contributed by atoms with Crippen LogP contribution >= 0.6 is 0 Å². The Morgan fingerprint density at radius 2 is 1.96 bits per heavy atom. The number of likely N-dealkylation sites (tertiary alicyclic amines) is 1. The van der Waals surface area contributed by atoms with Gasteiger partial charge >= 0.3 is 6.03 Å². The van der Waals surface area contributed by atoms with Crippen LogP contribution in [0.15, 0.2) is 24.3 Å². The Kier molecular flexibility index (Phi) is 6.67. The number of urea groups is 1. The molecule has 1 aliphatic rings. The van der Waals surface area contributed by atoms with Gasteiger partial charge in [-0.2, -0.15) is 0 Å². The van der Waals surface area contributed by atoms with Crippen molar-refractivity contribution in [1.29, 1.82) is 0 Å². The van der Waals surface area contributed by atoms with Crippen molar-refractivity contribution in [1.82, 2.24) is 15.1 Å².